The fourth-order valence-corrected chi connectivity index (χ4v) is 3.18. The van der Waals surface area contributed by atoms with Crippen LogP contribution in [0.4, 0.5) is 0 Å². The van der Waals surface area contributed by atoms with Crippen molar-refractivity contribution < 1.29 is 4.79 Å². The van der Waals surface area contributed by atoms with Crippen molar-refractivity contribution >= 4 is 5.91 Å². The summed E-state index contributed by atoms with van der Waals surface area (Å²) < 4.78 is 0. The van der Waals surface area contributed by atoms with Crippen LogP contribution in [0.15, 0.2) is 30.5 Å². The number of aryl methyl sites for hydroxylation is 1. The van der Waals surface area contributed by atoms with E-state index in [0.717, 1.165) is 24.1 Å². The minimum Gasteiger partial charge on any atom is -0.355 e. The first-order chi connectivity index (χ1) is 10.0. The van der Waals surface area contributed by atoms with Gasteiger partial charge in [0.15, 0.2) is 0 Å². The summed E-state index contributed by atoms with van der Waals surface area (Å²) in [7, 11) is 0. The first-order valence-electron chi connectivity index (χ1n) is 7.86. The molecule has 1 aromatic rings. The van der Waals surface area contributed by atoms with E-state index < -0.39 is 0 Å². The van der Waals surface area contributed by atoms with Gasteiger partial charge in [0, 0.05) is 30.3 Å². The fourth-order valence-electron chi connectivity index (χ4n) is 3.18. The van der Waals surface area contributed by atoms with Crippen molar-refractivity contribution in [1.82, 2.24) is 10.3 Å². The number of hydrogen-bond donors (Lipinski definition) is 1. The SMILES string of the molecule is C=C(C)CC(=O)NCC1(c2ccc(C)nc2)CCCCC1. The predicted molar refractivity (Wildman–Crippen MR) is 86.2 cm³/mol. The first kappa shape index (κ1) is 15.7. The average Bonchev–Trinajstić information content (AvgIpc) is 2.46. The van der Waals surface area contributed by atoms with E-state index in [1.54, 1.807) is 0 Å². The molecule has 0 aliphatic heterocycles. The van der Waals surface area contributed by atoms with Crippen LogP contribution in [0.5, 0.6) is 0 Å². The summed E-state index contributed by atoms with van der Waals surface area (Å²) in [5, 5.41) is 3.11. The molecule has 21 heavy (non-hydrogen) atoms. The van der Waals surface area contributed by atoms with Gasteiger partial charge in [-0.05, 0) is 38.3 Å². The van der Waals surface area contributed by atoms with E-state index in [0.29, 0.717) is 13.0 Å². The Balaban J connectivity index is 2.11. The zero-order valence-electron chi connectivity index (χ0n) is 13.2. The van der Waals surface area contributed by atoms with Gasteiger partial charge >= 0.3 is 0 Å². The Labute approximate surface area is 127 Å². The van der Waals surface area contributed by atoms with Crippen LogP contribution >= 0.6 is 0 Å². The Morgan fingerprint density at radius 1 is 1.33 bits per heavy atom. The molecule has 0 atom stereocenters. The van der Waals surface area contributed by atoms with Crippen LogP contribution in [0.3, 0.4) is 0 Å². The molecule has 1 aliphatic rings. The number of amides is 1. The van der Waals surface area contributed by atoms with E-state index in [1.807, 2.05) is 20.0 Å². The normalized spacial score (nSPS) is 17.2. The van der Waals surface area contributed by atoms with Crippen LogP contribution in [0.25, 0.3) is 0 Å². The zero-order valence-corrected chi connectivity index (χ0v) is 13.2. The number of pyridine rings is 1. The molecule has 3 heteroatoms. The molecule has 1 amide bonds. The van der Waals surface area contributed by atoms with Gasteiger partial charge in [0.05, 0.1) is 0 Å². The molecular formula is C18H26N2O. The number of rotatable bonds is 5. The smallest absolute Gasteiger partial charge is 0.224 e. The molecule has 3 nitrogen and oxygen atoms in total. The summed E-state index contributed by atoms with van der Waals surface area (Å²) in [5.74, 6) is 0.0764. The van der Waals surface area contributed by atoms with Crippen molar-refractivity contribution in [3.8, 4) is 0 Å². The van der Waals surface area contributed by atoms with Crippen molar-refractivity contribution in [2.45, 2.75) is 57.8 Å². The summed E-state index contributed by atoms with van der Waals surface area (Å²) in [4.78, 5) is 16.4. The van der Waals surface area contributed by atoms with Gasteiger partial charge < -0.3 is 5.32 Å². The van der Waals surface area contributed by atoms with Crippen LogP contribution in [-0.4, -0.2) is 17.4 Å². The van der Waals surface area contributed by atoms with Gasteiger partial charge in [0.1, 0.15) is 0 Å². The standard InChI is InChI=1S/C18H26N2O/c1-14(2)11-17(21)20-13-18(9-5-4-6-10-18)16-8-7-15(3)19-12-16/h7-8,12H,1,4-6,9-11,13H2,2-3H3,(H,20,21). The summed E-state index contributed by atoms with van der Waals surface area (Å²) in [6.45, 7) is 8.41. The lowest BCUT2D eigenvalue weighted by Gasteiger charge is -2.38. The number of carbonyl (C=O) groups excluding carboxylic acids is 1. The fraction of sp³-hybridized carbons (Fsp3) is 0.556. The monoisotopic (exact) mass is 286 g/mol. The van der Waals surface area contributed by atoms with Crippen molar-refractivity contribution in [3.63, 3.8) is 0 Å². The van der Waals surface area contributed by atoms with Gasteiger partial charge in [-0.3, -0.25) is 9.78 Å². The molecule has 0 bridgehead atoms. The quantitative estimate of drug-likeness (QED) is 0.839. The maximum absolute atomic E-state index is 11.9. The van der Waals surface area contributed by atoms with Gasteiger partial charge in [-0.15, -0.1) is 0 Å². The molecule has 1 N–H and O–H groups in total. The van der Waals surface area contributed by atoms with Gasteiger partial charge in [-0.25, -0.2) is 0 Å². The van der Waals surface area contributed by atoms with Crippen molar-refractivity contribution in [1.29, 1.82) is 0 Å². The first-order valence-corrected chi connectivity index (χ1v) is 7.86. The molecular weight excluding hydrogens is 260 g/mol. The lowest BCUT2D eigenvalue weighted by Crippen LogP contribution is -2.42. The Morgan fingerprint density at radius 2 is 2.05 bits per heavy atom. The highest BCUT2D eigenvalue weighted by molar-refractivity contribution is 5.78. The number of nitrogens with zero attached hydrogens (tertiary/aromatic N) is 1. The molecule has 1 aliphatic carbocycles. The lowest BCUT2D eigenvalue weighted by atomic mass is 9.69. The van der Waals surface area contributed by atoms with Crippen molar-refractivity contribution in [3.05, 3.63) is 41.7 Å². The second-order valence-electron chi connectivity index (χ2n) is 6.44. The molecule has 0 saturated heterocycles. The predicted octanol–water partition coefficient (Wildman–Crippen LogP) is 3.67. The molecule has 0 unspecified atom stereocenters. The Morgan fingerprint density at radius 3 is 2.62 bits per heavy atom. The summed E-state index contributed by atoms with van der Waals surface area (Å²) >= 11 is 0. The van der Waals surface area contributed by atoms with Crippen LogP contribution in [0, 0.1) is 6.92 Å². The molecule has 1 saturated carbocycles. The van der Waals surface area contributed by atoms with Crippen LogP contribution in [0.1, 0.15) is 56.7 Å². The third-order valence-corrected chi connectivity index (χ3v) is 4.42. The molecule has 0 radical (unpaired) electrons. The lowest BCUT2D eigenvalue weighted by molar-refractivity contribution is -0.120. The van der Waals surface area contributed by atoms with Gasteiger partial charge in [-0.1, -0.05) is 37.5 Å². The van der Waals surface area contributed by atoms with E-state index in [2.05, 4.69) is 29.0 Å². The Bertz CT molecular complexity index is 498. The minimum atomic E-state index is 0.0592. The Hall–Kier alpha value is -1.64. The third kappa shape index (κ3) is 4.16. The average molecular weight is 286 g/mol. The largest absolute Gasteiger partial charge is 0.355 e. The molecule has 114 valence electrons. The summed E-state index contributed by atoms with van der Waals surface area (Å²) in [6, 6.07) is 4.25. The highest BCUT2D eigenvalue weighted by Crippen LogP contribution is 2.38. The van der Waals surface area contributed by atoms with Crippen molar-refractivity contribution in [2.24, 2.45) is 0 Å². The number of hydrogen-bond acceptors (Lipinski definition) is 2. The van der Waals surface area contributed by atoms with Gasteiger partial charge in [0.25, 0.3) is 0 Å². The van der Waals surface area contributed by atoms with E-state index in [-0.39, 0.29) is 11.3 Å². The third-order valence-electron chi connectivity index (χ3n) is 4.42. The van der Waals surface area contributed by atoms with Crippen LogP contribution in [-0.2, 0) is 10.2 Å². The summed E-state index contributed by atoms with van der Waals surface area (Å²) in [5.41, 5.74) is 3.27. The van der Waals surface area contributed by atoms with E-state index >= 15 is 0 Å². The molecule has 0 aromatic carbocycles. The highest BCUT2D eigenvalue weighted by atomic mass is 16.1. The van der Waals surface area contributed by atoms with Crippen LogP contribution < -0.4 is 5.32 Å². The second kappa shape index (κ2) is 6.88. The molecule has 0 spiro atoms. The maximum Gasteiger partial charge on any atom is 0.224 e. The highest BCUT2D eigenvalue weighted by Gasteiger charge is 2.34. The van der Waals surface area contributed by atoms with Crippen LogP contribution in [0.2, 0.25) is 0 Å². The van der Waals surface area contributed by atoms with E-state index in [1.165, 1.54) is 24.8 Å². The molecule has 1 fully saturated rings. The number of carbonyl (C=O) groups is 1. The zero-order chi connectivity index (χ0) is 15.3. The minimum absolute atomic E-state index is 0.0592. The van der Waals surface area contributed by atoms with E-state index in [9.17, 15) is 4.79 Å². The van der Waals surface area contributed by atoms with Crippen molar-refractivity contribution in [2.75, 3.05) is 6.54 Å². The van der Waals surface area contributed by atoms with Gasteiger partial charge in [0.2, 0.25) is 5.91 Å². The number of aromatic nitrogens is 1. The molecule has 2 rings (SSSR count). The molecule has 1 aromatic heterocycles. The van der Waals surface area contributed by atoms with E-state index in [4.69, 9.17) is 0 Å². The second-order valence-corrected chi connectivity index (χ2v) is 6.44. The summed E-state index contributed by atoms with van der Waals surface area (Å²) in [6.07, 6.45) is 8.42. The molecule has 1 heterocycles. The maximum atomic E-state index is 11.9. The van der Waals surface area contributed by atoms with Gasteiger partial charge in [-0.2, -0.15) is 0 Å². The number of nitrogens with one attached hydrogen (secondary N) is 1. The topological polar surface area (TPSA) is 42.0 Å². The Kier molecular flexibility index (Phi) is 5.16.